The Kier molecular flexibility index (Phi) is 2.77. The molecule has 2 aromatic heterocycles. The molecule has 3 aromatic rings. The fraction of sp³-hybridized carbons (Fsp3) is 0. The van der Waals surface area contributed by atoms with E-state index in [2.05, 4.69) is 20.6 Å². The van der Waals surface area contributed by atoms with Crippen LogP contribution in [0.1, 0.15) is 10.7 Å². The van der Waals surface area contributed by atoms with Gasteiger partial charge < -0.3 is 4.42 Å². The smallest absolute Gasteiger partial charge is 0.325 e. The highest BCUT2D eigenvalue weighted by Crippen LogP contribution is 2.19. The third-order valence-corrected chi connectivity index (χ3v) is 2.41. The molecule has 0 aliphatic heterocycles. The summed E-state index contributed by atoms with van der Waals surface area (Å²) in [7, 11) is 0. The van der Waals surface area contributed by atoms with Crippen molar-refractivity contribution in [2.75, 3.05) is 5.43 Å². The van der Waals surface area contributed by atoms with Crippen molar-refractivity contribution >= 4 is 5.91 Å². The van der Waals surface area contributed by atoms with Crippen molar-refractivity contribution in [3.63, 3.8) is 0 Å². The Morgan fingerprint density at radius 1 is 1.16 bits per heavy atom. The lowest BCUT2D eigenvalue weighted by Crippen LogP contribution is -2.21. The summed E-state index contributed by atoms with van der Waals surface area (Å²) in [6, 6.07) is 9.42. The van der Waals surface area contributed by atoms with Crippen LogP contribution in [0.25, 0.3) is 11.3 Å². The normalized spacial score (nSPS) is 10.3. The SMILES string of the molecule is O=C(Nn1cnnc1)c1ncc(-c2ccccc2)o1. The summed E-state index contributed by atoms with van der Waals surface area (Å²) in [6.45, 7) is 0. The number of nitrogens with zero attached hydrogens (tertiary/aromatic N) is 4. The number of rotatable bonds is 3. The first-order valence-corrected chi connectivity index (χ1v) is 5.50. The fourth-order valence-corrected chi connectivity index (χ4v) is 1.54. The van der Waals surface area contributed by atoms with Crippen molar-refractivity contribution < 1.29 is 9.21 Å². The monoisotopic (exact) mass is 255 g/mol. The van der Waals surface area contributed by atoms with Gasteiger partial charge in [0.2, 0.25) is 0 Å². The molecule has 0 fully saturated rings. The molecule has 2 heterocycles. The number of carbonyl (C=O) groups is 1. The van der Waals surface area contributed by atoms with E-state index >= 15 is 0 Å². The molecule has 0 spiro atoms. The molecule has 1 amide bonds. The van der Waals surface area contributed by atoms with Gasteiger partial charge >= 0.3 is 5.91 Å². The number of amides is 1. The maximum Gasteiger partial charge on any atom is 0.325 e. The van der Waals surface area contributed by atoms with Gasteiger partial charge in [0.1, 0.15) is 12.7 Å². The van der Waals surface area contributed by atoms with Crippen LogP contribution >= 0.6 is 0 Å². The molecule has 0 aliphatic rings. The van der Waals surface area contributed by atoms with Gasteiger partial charge in [-0.2, -0.15) is 0 Å². The van der Waals surface area contributed by atoms with E-state index in [1.54, 1.807) is 0 Å². The van der Waals surface area contributed by atoms with Gasteiger partial charge in [-0.05, 0) is 0 Å². The highest BCUT2D eigenvalue weighted by Gasteiger charge is 2.14. The van der Waals surface area contributed by atoms with Crippen molar-refractivity contribution in [3.05, 3.63) is 55.1 Å². The predicted molar refractivity (Wildman–Crippen MR) is 65.7 cm³/mol. The second kappa shape index (κ2) is 4.73. The highest BCUT2D eigenvalue weighted by atomic mass is 16.4. The van der Waals surface area contributed by atoms with Gasteiger partial charge in [-0.3, -0.25) is 10.2 Å². The molecule has 19 heavy (non-hydrogen) atoms. The Hall–Kier alpha value is -2.96. The number of aromatic nitrogens is 4. The van der Waals surface area contributed by atoms with Crippen LogP contribution in [-0.2, 0) is 0 Å². The van der Waals surface area contributed by atoms with E-state index in [4.69, 9.17) is 4.42 Å². The molecule has 7 nitrogen and oxygen atoms in total. The van der Waals surface area contributed by atoms with Gasteiger partial charge in [-0.25, -0.2) is 9.66 Å². The van der Waals surface area contributed by atoms with Gasteiger partial charge in [-0.1, -0.05) is 30.3 Å². The van der Waals surface area contributed by atoms with Crippen molar-refractivity contribution in [2.24, 2.45) is 0 Å². The zero-order valence-electron chi connectivity index (χ0n) is 9.72. The molecule has 7 heteroatoms. The zero-order chi connectivity index (χ0) is 13.1. The summed E-state index contributed by atoms with van der Waals surface area (Å²) >= 11 is 0. The van der Waals surface area contributed by atoms with Gasteiger partial charge in [0, 0.05) is 5.56 Å². The molecule has 0 bridgehead atoms. The van der Waals surface area contributed by atoms with Gasteiger partial charge in [0.25, 0.3) is 5.89 Å². The van der Waals surface area contributed by atoms with Crippen LogP contribution in [-0.4, -0.2) is 25.8 Å². The van der Waals surface area contributed by atoms with Gasteiger partial charge in [-0.15, -0.1) is 10.2 Å². The van der Waals surface area contributed by atoms with E-state index in [-0.39, 0.29) is 5.89 Å². The molecule has 94 valence electrons. The number of oxazole rings is 1. The molecular weight excluding hydrogens is 246 g/mol. The quantitative estimate of drug-likeness (QED) is 0.762. The molecule has 0 radical (unpaired) electrons. The summed E-state index contributed by atoms with van der Waals surface area (Å²) in [6.07, 6.45) is 4.23. The number of nitrogens with one attached hydrogen (secondary N) is 1. The third-order valence-electron chi connectivity index (χ3n) is 2.41. The van der Waals surface area contributed by atoms with Crippen LogP contribution in [0.5, 0.6) is 0 Å². The molecular formula is C12H9N5O2. The number of benzene rings is 1. The van der Waals surface area contributed by atoms with Crippen LogP contribution in [0.3, 0.4) is 0 Å². The van der Waals surface area contributed by atoms with E-state index in [0.717, 1.165) is 5.56 Å². The maximum atomic E-state index is 11.8. The Balaban J connectivity index is 1.80. The minimum atomic E-state index is -0.470. The lowest BCUT2D eigenvalue weighted by Gasteiger charge is -2.00. The highest BCUT2D eigenvalue weighted by molar-refractivity contribution is 5.96. The van der Waals surface area contributed by atoms with E-state index in [1.165, 1.54) is 23.5 Å². The topological polar surface area (TPSA) is 85.8 Å². The molecule has 0 saturated carbocycles. The third kappa shape index (κ3) is 2.34. The summed E-state index contributed by atoms with van der Waals surface area (Å²) in [5, 5.41) is 7.14. The average Bonchev–Trinajstić information content (AvgIpc) is 3.10. The molecule has 0 aliphatic carbocycles. The van der Waals surface area contributed by atoms with E-state index in [9.17, 15) is 4.79 Å². The average molecular weight is 255 g/mol. The first-order chi connectivity index (χ1) is 9.33. The Labute approximate surface area is 107 Å². The van der Waals surface area contributed by atoms with Crippen LogP contribution in [0.4, 0.5) is 0 Å². The molecule has 3 rings (SSSR count). The second-order valence-electron chi connectivity index (χ2n) is 3.71. The van der Waals surface area contributed by atoms with Gasteiger partial charge in [0.05, 0.1) is 6.20 Å². The summed E-state index contributed by atoms with van der Waals surface area (Å²) in [4.78, 5) is 15.8. The number of carbonyl (C=O) groups excluding carboxylic acids is 1. The van der Waals surface area contributed by atoms with E-state index in [1.807, 2.05) is 30.3 Å². The summed E-state index contributed by atoms with van der Waals surface area (Å²) < 4.78 is 6.72. The van der Waals surface area contributed by atoms with Crippen LogP contribution in [0.2, 0.25) is 0 Å². The zero-order valence-corrected chi connectivity index (χ0v) is 9.72. The molecule has 0 atom stereocenters. The molecule has 1 aromatic carbocycles. The van der Waals surface area contributed by atoms with Crippen LogP contribution in [0, 0.1) is 0 Å². The largest absolute Gasteiger partial charge is 0.432 e. The van der Waals surface area contributed by atoms with Crippen LogP contribution < -0.4 is 5.43 Å². The minimum absolute atomic E-state index is 0.0208. The molecule has 0 unspecified atom stereocenters. The lowest BCUT2D eigenvalue weighted by molar-refractivity contribution is 0.0975. The summed E-state index contributed by atoms with van der Waals surface area (Å²) in [5.74, 6) is 0.0454. The predicted octanol–water partition coefficient (Wildman–Crippen LogP) is 1.32. The number of hydrogen-bond acceptors (Lipinski definition) is 5. The Bertz CT molecular complexity index is 675. The van der Waals surface area contributed by atoms with E-state index in [0.29, 0.717) is 5.76 Å². The second-order valence-corrected chi connectivity index (χ2v) is 3.71. The van der Waals surface area contributed by atoms with Crippen molar-refractivity contribution in [1.29, 1.82) is 0 Å². The fourth-order valence-electron chi connectivity index (χ4n) is 1.54. The van der Waals surface area contributed by atoms with Crippen molar-refractivity contribution in [1.82, 2.24) is 19.9 Å². The summed E-state index contributed by atoms with van der Waals surface area (Å²) in [5.41, 5.74) is 3.36. The standard InChI is InChI=1S/C12H9N5O2/c18-11(16-17-7-14-15-8-17)12-13-6-10(19-12)9-4-2-1-3-5-9/h1-8H,(H,16,18). The molecule has 1 N–H and O–H groups in total. The van der Waals surface area contributed by atoms with Crippen LogP contribution in [0.15, 0.2) is 53.6 Å². The Morgan fingerprint density at radius 3 is 2.63 bits per heavy atom. The van der Waals surface area contributed by atoms with E-state index < -0.39 is 5.91 Å². The minimum Gasteiger partial charge on any atom is -0.432 e. The molecule has 0 saturated heterocycles. The first kappa shape index (κ1) is 11.1. The Morgan fingerprint density at radius 2 is 1.89 bits per heavy atom. The van der Waals surface area contributed by atoms with Crippen molar-refractivity contribution in [2.45, 2.75) is 0 Å². The van der Waals surface area contributed by atoms with Crippen molar-refractivity contribution in [3.8, 4) is 11.3 Å². The maximum absolute atomic E-state index is 11.8. The number of hydrogen-bond donors (Lipinski definition) is 1. The van der Waals surface area contributed by atoms with Gasteiger partial charge in [0.15, 0.2) is 5.76 Å². The first-order valence-electron chi connectivity index (χ1n) is 5.50. The lowest BCUT2D eigenvalue weighted by atomic mass is 10.2.